The number of aliphatic hydroxyl groups is 1. The van der Waals surface area contributed by atoms with Gasteiger partial charge in [0, 0.05) is 38.5 Å². The number of halogens is 1. The number of carbonyl (C=O) groups excluding carboxylic acids is 1. The number of aromatic nitrogens is 1. The van der Waals surface area contributed by atoms with Crippen LogP contribution >= 0.6 is 12.4 Å². The number of rotatable bonds is 5. The zero-order chi connectivity index (χ0) is 15.5. The van der Waals surface area contributed by atoms with Gasteiger partial charge in [0.15, 0.2) is 5.58 Å². The first-order valence-electron chi connectivity index (χ1n) is 7.39. The molecule has 1 aromatic heterocycles. The first-order valence-corrected chi connectivity index (χ1v) is 7.39. The number of aliphatic hydroxyl groups excluding tert-OH is 1. The minimum atomic E-state index is -0.454. The fourth-order valence-electron chi connectivity index (χ4n) is 2.70. The maximum atomic E-state index is 11.9. The van der Waals surface area contributed by atoms with Crippen LogP contribution in [0.15, 0.2) is 33.5 Å². The maximum absolute atomic E-state index is 11.9. The van der Waals surface area contributed by atoms with E-state index < -0.39 is 11.9 Å². The fraction of sp³-hybridized carbons (Fsp3) is 0.467. The van der Waals surface area contributed by atoms with Crippen LogP contribution < -0.4 is 16.4 Å². The Balaban J connectivity index is 0.00000192. The third kappa shape index (κ3) is 3.93. The molecule has 7 nitrogen and oxygen atoms in total. The summed E-state index contributed by atoms with van der Waals surface area (Å²) in [6.45, 7) is 1.98. The SMILES string of the molecule is Cl.O=C(CCn1c(=O)oc2ccccc21)NCC1CNCC1O. The normalized spacial score (nSPS) is 20.4. The standard InChI is InChI=1S/C15H19N3O4.ClH/c19-12-9-16-7-10(12)8-17-14(20)5-6-18-11-3-1-2-4-13(11)22-15(18)21;/h1-4,10,12,16,19H,5-9H2,(H,17,20);1H. The van der Waals surface area contributed by atoms with Crippen molar-refractivity contribution in [1.82, 2.24) is 15.2 Å². The van der Waals surface area contributed by atoms with Crippen molar-refractivity contribution in [3.8, 4) is 0 Å². The smallest absolute Gasteiger partial charge is 0.408 e. The van der Waals surface area contributed by atoms with Crippen molar-refractivity contribution in [2.45, 2.75) is 19.1 Å². The molecule has 2 atom stereocenters. The van der Waals surface area contributed by atoms with E-state index in [-0.39, 0.29) is 37.2 Å². The monoisotopic (exact) mass is 341 g/mol. The molecule has 2 heterocycles. The Morgan fingerprint density at radius 3 is 2.91 bits per heavy atom. The van der Waals surface area contributed by atoms with E-state index in [2.05, 4.69) is 10.6 Å². The predicted octanol–water partition coefficient (Wildman–Crippen LogP) is 0.103. The van der Waals surface area contributed by atoms with Crippen LogP contribution in [-0.4, -0.2) is 41.3 Å². The largest absolute Gasteiger partial charge is 0.419 e. The van der Waals surface area contributed by atoms with E-state index in [1.54, 1.807) is 18.2 Å². The van der Waals surface area contributed by atoms with E-state index in [0.29, 0.717) is 30.7 Å². The average molecular weight is 342 g/mol. The van der Waals surface area contributed by atoms with E-state index in [1.165, 1.54) is 4.57 Å². The van der Waals surface area contributed by atoms with Gasteiger partial charge in [-0.2, -0.15) is 0 Å². The molecule has 0 radical (unpaired) electrons. The van der Waals surface area contributed by atoms with E-state index >= 15 is 0 Å². The van der Waals surface area contributed by atoms with Gasteiger partial charge in [0.05, 0.1) is 11.6 Å². The summed E-state index contributed by atoms with van der Waals surface area (Å²) in [5.41, 5.74) is 1.21. The number of fused-ring (bicyclic) bond motifs is 1. The van der Waals surface area contributed by atoms with E-state index in [4.69, 9.17) is 4.42 Å². The third-order valence-corrected chi connectivity index (χ3v) is 4.00. The van der Waals surface area contributed by atoms with Crippen molar-refractivity contribution in [2.75, 3.05) is 19.6 Å². The summed E-state index contributed by atoms with van der Waals surface area (Å²) in [4.78, 5) is 23.7. The molecule has 2 aromatic rings. The Labute approximate surface area is 139 Å². The second-order valence-electron chi connectivity index (χ2n) is 5.53. The molecule has 126 valence electrons. The van der Waals surface area contributed by atoms with Gasteiger partial charge in [0.2, 0.25) is 5.91 Å². The van der Waals surface area contributed by atoms with Crippen molar-refractivity contribution in [2.24, 2.45) is 5.92 Å². The highest BCUT2D eigenvalue weighted by molar-refractivity contribution is 5.85. The first kappa shape index (κ1) is 17.5. The van der Waals surface area contributed by atoms with Crippen LogP contribution in [0.3, 0.4) is 0 Å². The summed E-state index contributed by atoms with van der Waals surface area (Å²) >= 11 is 0. The second-order valence-corrected chi connectivity index (χ2v) is 5.53. The van der Waals surface area contributed by atoms with Crippen LogP contribution in [0.5, 0.6) is 0 Å². The van der Waals surface area contributed by atoms with Gasteiger partial charge in [-0.1, -0.05) is 12.1 Å². The van der Waals surface area contributed by atoms with Crippen LogP contribution in [0, 0.1) is 5.92 Å². The van der Waals surface area contributed by atoms with Crippen molar-refractivity contribution in [1.29, 1.82) is 0 Å². The number of aryl methyl sites for hydroxylation is 1. The Kier molecular flexibility index (Phi) is 5.81. The molecule has 3 rings (SSSR count). The van der Waals surface area contributed by atoms with Crippen molar-refractivity contribution in [3.63, 3.8) is 0 Å². The number of oxazole rings is 1. The van der Waals surface area contributed by atoms with E-state index in [1.807, 2.05) is 6.07 Å². The molecule has 0 spiro atoms. The van der Waals surface area contributed by atoms with Gasteiger partial charge in [-0.3, -0.25) is 9.36 Å². The lowest BCUT2D eigenvalue weighted by Gasteiger charge is -2.14. The topological polar surface area (TPSA) is 96.5 Å². The number of nitrogens with one attached hydrogen (secondary N) is 2. The molecule has 0 bridgehead atoms. The molecule has 1 amide bonds. The minimum absolute atomic E-state index is 0. The number of β-amino-alcohol motifs (C(OH)–C–C–N with tert-alkyl or cyclic N) is 1. The Morgan fingerprint density at radius 2 is 2.17 bits per heavy atom. The van der Waals surface area contributed by atoms with Gasteiger partial charge in [-0.05, 0) is 12.1 Å². The Morgan fingerprint density at radius 1 is 1.39 bits per heavy atom. The number of amides is 1. The molecule has 1 saturated heterocycles. The highest BCUT2D eigenvalue weighted by Crippen LogP contribution is 2.12. The molecular formula is C15H20ClN3O4. The van der Waals surface area contributed by atoms with Gasteiger partial charge in [-0.15, -0.1) is 12.4 Å². The summed E-state index contributed by atoms with van der Waals surface area (Å²) < 4.78 is 6.58. The minimum Gasteiger partial charge on any atom is -0.408 e. The summed E-state index contributed by atoms with van der Waals surface area (Å²) in [6.07, 6.45) is -0.222. The fourth-order valence-corrected chi connectivity index (χ4v) is 2.70. The molecule has 8 heteroatoms. The highest BCUT2D eigenvalue weighted by atomic mass is 35.5. The molecule has 1 aliphatic rings. The maximum Gasteiger partial charge on any atom is 0.419 e. The highest BCUT2D eigenvalue weighted by Gasteiger charge is 2.24. The van der Waals surface area contributed by atoms with Gasteiger partial charge in [0.25, 0.3) is 0 Å². The number of benzene rings is 1. The van der Waals surface area contributed by atoms with Crippen molar-refractivity contribution >= 4 is 29.4 Å². The lowest BCUT2D eigenvalue weighted by Crippen LogP contribution is -2.35. The number of carbonyl (C=O) groups is 1. The molecule has 1 aliphatic heterocycles. The lowest BCUT2D eigenvalue weighted by atomic mass is 10.1. The predicted molar refractivity (Wildman–Crippen MR) is 87.7 cm³/mol. The third-order valence-electron chi connectivity index (χ3n) is 4.00. The molecular weight excluding hydrogens is 322 g/mol. The van der Waals surface area contributed by atoms with Crippen LogP contribution in [-0.2, 0) is 11.3 Å². The Hall–Kier alpha value is -1.83. The van der Waals surface area contributed by atoms with Gasteiger partial charge in [0.1, 0.15) is 0 Å². The molecule has 2 unspecified atom stereocenters. The molecule has 1 fully saturated rings. The lowest BCUT2D eigenvalue weighted by molar-refractivity contribution is -0.121. The molecule has 1 aromatic carbocycles. The summed E-state index contributed by atoms with van der Waals surface area (Å²) in [5.74, 6) is -0.554. The number of para-hydroxylation sites is 2. The van der Waals surface area contributed by atoms with Crippen LogP contribution in [0.4, 0.5) is 0 Å². The van der Waals surface area contributed by atoms with Gasteiger partial charge < -0.3 is 20.2 Å². The summed E-state index contributed by atoms with van der Waals surface area (Å²) in [6, 6.07) is 7.13. The summed E-state index contributed by atoms with van der Waals surface area (Å²) in [7, 11) is 0. The average Bonchev–Trinajstić information content (AvgIpc) is 3.05. The van der Waals surface area contributed by atoms with Crippen LogP contribution in [0.25, 0.3) is 11.1 Å². The molecule has 23 heavy (non-hydrogen) atoms. The number of hydrogen-bond acceptors (Lipinski definition) is 5. The van der Waals surface area contributed by atoms with E-state index in [0.717, 1.165) is 0 Å². The van der Waals surface area contributed by atoms with E-state index in [9.17, 15) is 14.7 Å². The van der Waals surface area contributed by atoms with Crippen molar-refractivity contribution < 1.29 is 14.3 Å². The van der Waals surface area contributed by atoms with Gasteiger partial charge >= 0.3 is 5.76 Å². The zero-order valence-electron chi connectivity index (χ0n) is 12.5. The molecule has 0 saturated carbocycles. The molecule has 3 N–H and O–H groups in total. The Bertz CT molecular complexity index is 727. The van der Waals surface area contributed by atoms with Crippen LogP contribution in [0.1, 0.15) is 6.42 Å². The number of hydrogen-bond donors (Lipinski definition) is 3. The van der Waals surface area contributed by atoms with Crippen molar-refractivity contribution in [3.05, 3.63) is 34.8 Å². The zero-order valence-corrected chi connectivity index (χ0v) is 13.3. The summed E-state index contributed by atoms with van der Waals surface area (Å²) in [5, 5.41) is 15.5. The van der Waals surface area contributed by atoms with Crippen LogP contribution in [0.2, 0.25) is 0 Å². The van der Waals surface area contributed by atoms with Gasteiger partial charge in [-0.25, -0.2) is 4.79 Å². The molecule has 0 aliphatic carbocycles. The number of nitrogens with zero attached hydrogens (tertiary/aromatic N) is 1. The second kappa shape index (κ2) is 7.63. The first-order chi connectivity index (χ1) is 10.6. The quantitative estimate of drug-likeness (QED) is 0.717.